The number of hydrogen-bond acceptors (Lipinski definition) is 5. The SMILES string of the molecule is N#Cc1ccc(Cn2cnnc2CN(CCc2ccc(Br)cc2)Cc2cc[n+](Cc3ccc(C#N)cc3)c3ccccc23)cc1. The van der Waals surface area contributed by atoms with Crippen molar-refractivity contribution in [1.29, 1.82) is 10.5 Å². The summed E-state index contributed by atoms with van der Waals surface area (Å²) in [7, 11) is 0. The van der Waals surface area contributed by atoms with Crippen LogP contribution in [-0.4, -0.2) is 26.2 Å². The Morgan fingerprint density at radius 2 is 1.42 bits per heavy atom. The number of halogens is 1. The van der Waals surface area contributed by atoms with E-state index in [2.05, 4.69) is 113 Å². The maximum Gasteiger partial charge on any atom is 0.213 e. The number of nitrogens with zero attached hydrogens (tertiary/aromatic N) is 7. The second kappa shape index (κ2) is 14.1. The van der Waals surface area contributed by atoms with E-state index in [4.69, 9.17) is 5.26 Å². The van der Waals surface area contributed by atoms with E-state index in [1.54, 1.807) is 6.33 Å². The van der Waals surface area contributed by atoms with Crippen LogP contribution in [0.3, 0.4) is 0 Å². The highest BCUT2D eigenvalue weighted by molar-refractivity contribution is 9.10. The van der Waals surface area contributed by atoms with E-state index in [0.29, 0.717) is 24.2 Å². The average molecular weight is 654 g/mol. The number of benzene rings is 4. The van der Waals surface area contributed by atoms with Crippen molar-refractivity contribution in [1.82, 2.24) is 19.7 Å². The Kier molecular flexibility index (Phi) is 9.36. The standard InChI is InChI=1S/C37H31BrN7/c38-34-15-13-28(14-16-34)17-19-43(26-37-42-41-27-45(37)24-32-11-7-30(22-40)8-12-32)25-33-18-20-44(36-4-2-1-3-35(33)36)23-31-9-5-29(21-39)6-10-31/h1-16,18,20,27H,17,19,23-26H2/q+1. The molecule has 8 heteroatoms. The summed E-state index contributed by atoms with van der Waals surface area (Å²) in [5, 5.41) is 28.3. The van der Waals surface area contributed by atoms with Crippen LogP contribution in [0.15, 0.2) is 120 Å². The van der Waals surface area contributed by atoms with Crippen molar-refractivity contribution in [2.45, 2.75) is 32.6 Å². The first kappa shape index (κ1) is 29.9. The molecular formula is C37H31BrN7+. The van der Waals surface area contributed by atoms with Crippen molar-refractivity contribution >= 4 is 26.8 Å². The molecule has 2 aromatic heterocycles. The number of nitriles is 2. The molecule has 0 fully saturated rings. The molecule has 0 aliphatic carbocycles. The molecule has 0 saturated carbocycles. The molecule has 0 unspecified atom stereocenters. The van der Waals surface area contributed by atoms with E-state index in [-0.39, 0.29) is 0 Å². The Morgan fingerprint density at radius 3 is 2.13 bits per heavy atom. The molecule has 0 N–H and O–H groups in total. The van der Waals surface area contributed by atoms with E-state index in [0.717, 1.165) is 53.0 Å². The fourth-order valence-electron chi connectivity index (χ4n) is 5.51. The summed E-state index contributed by atoms with van der Waals surface area (Å²) in [6.45, 7) is 3.59. The third-order valence-corrected chi connectivity index (χ3v) is 8.50. The molecule has 0 bridgehead atoms. The zero-order chi connectivity index (χ0) is 31.0. The van der Waals surface area contributed by atoms with Gasteiger partial charge in [-0.1, -0.05) is 64.5 Å². The lowest BCUT2D eigenvalue weighted by Gasteiger charge is -2.23. The maximum absolute atomic E-state index is 9.18. The molecule has 7 nitrogen and oxygen atoms in total. The predicted octanol–water partition coefficient (Wildman–Crippen LogP) is 6.57. The van der Waals surface area contributed by atoms with Gasteiger partial charge in [-0.15, -0.1) is 10.2 Å². The Hall–Kier alpha value is -5.15. The van der Waals surface area contributed by atoms with Gasteiger partial charge < -0.3 is 4.57 Å². The van der Waals surface area contributed by atoms with Gasteiger partial charge in [0.2, 0.25) is 5.52 Å². The Morgan fingerprint density at radius 1 is 0.756 bits per heavy atom. The van der Waals surface area contributed by atoms with E-state index >= 15 is 0 Å². The first-order valence-corrected chi connectivity index (χ1v) is 15.6. The molecule has 0 amide bonds. The lowest BCUT2D eigenvalue weighted by molar-refractivity contribution is -0.662. The highest BCUT2D eigenvalue weighted by atomic mass is 79.9. The fourth-order valence-corrected chi connectivity index (χ4v) is 5.78. The number of para-hydroxylation sites is 1. The smallest absolute Gasteiger partial charge is 0.213 e. The topological polar surface area (TPSA) is 85.4 Å². The molecule has 220 valence electrons. The zero-order valence-electron chi connectivity index (χ0n) is 24.7. The van der Waals surface area contributed by atoms with Crippen LogP contribution >= 0.6 is 15.9 Å². The van der Waals surface area contributed by atoms with Gasteiger partial charge in [0.05, 0.1) is 41.7 Å². The molecule has 45 heavy (non-hydrogen) atoms. The molecule has 4 aromatic carbocycles. The van der Waals surface area contributed by atoms with Crippen LogP contribution in [0.25, 0.3) is 10.9 Å². The fraction of sp³-hybridized carbons (Fsp3) is 0.162. The minimum absolute atomic E-state index is 0.637. The molecule has 0 aliphatic heterocycles. The lowest BCUT2D eigenvalue weighted by Crippen LogP contribution is -2.35. The van der Waals surface area contributed by atoms with Crippen LogP contribution in [0, 0.1) is 22.7 Å². The molecule has 0 saturated heterocycles. The van der Waals surface area contributed by atoms with Gasteiger partial charge in [-0.25, -0.2) is 0 Å². The van der Waals surface area contributed by atoms with Crippen LogP contribution in [0.4, 0.5) is 0 Å². The molecule has 6 rings (SSSR count). The second-order valence-electron chi connectivity index (χ2n) is 11.1. The quantitative estimate of drug-likeness (QED) is 0.148. The number of fused-ring (bicyclic) bond motifs is 1. The van der Waals surface area contributed by atoms with Crippen LogP contribution in [0.1, 0.15) is 39.2 Å². The van der Waals surface area contributed by atoms with Crippen LogP contribution in [0.5, 0.6) is 0 Å². The Bertz CT molecular complexity index is 1980. The highest BCUT2D eigenvalue weighted by Gasteiger charge is 2.18. The van der Waals surface area contributed by atoms with Crippen LogP contribution in [-0.2, 0) is 32.6 Å². The summed E-state index contributed by atoms with van der Waals surface area (Å²) >= 11 is 3.55. The normalized spacial score (nSPS) is 11.0. The Balaban J connectivity index is 1.27. The first-order valence-electron chi connectivity index (χ1n) is 14.8. The molecular weight excluding hydrogens is 622 g/mol. The minimum atomic E-state index is 0.637. The monoisotopic (exact) mass is 652 g/mol. The molecule has 0 radical (unpaired) electrons. The first-order chi connectivity index (χ1) is 22.1. The van der Waals surface area contributed by atoms with Gasteiger partial charge in [-0.3, -0.25) is 4.90 Å². The number of rotatable bonds is 11. The van der Waals surface area contributed by atoms with Gasteiger partial charge in [-0.05, 0) is 65.6 Å². The minimum Gasteiger partial charge on any atom is -0.312 e. The summed E-state index contributed by atoms with van der Waals surface area (Å²) in [5.41, 5.74) is 7.24. The highest BCUT2D eigenvalue weighted by Crippen LogP contribution is 2.20. The van der Waals surface area contributed by atoms with Gasteiger partial charge in [0.1, 0.15) is 12.2 Å². The van der Waals surface area contributed by atoms with E-state index < -0.39 is 0 Å². The molecule has 0 atom stereocenters. The van der Waals surface area contributed by atoms with E-state index in [9.17, 15) is 5.26 Å². The van der Waals surface area contributed by atoms with E-state index in [1.165, 1.54) is 16.5 Å². The van der Waals surface area contributed by atoms with Crippen molar-refractivity contribution in [3.05, 3.63) is 159 Å². The summed E-state index contributed by atoms with van der Waals surface area (Å²) < 4.78 is 5.42. The molecule has 2 heterocycles. The van der Waals surface area contributed by atoms with Crippen molar-refractivity contribution in [3.63, 3.8) is 0 Å². The van der Waals surface area contributed by atoms with Gasteiger partial charge in [0.25, 0.3) is 0 Å². The second-order valence-corrected chi connectivity index (χ2v) is 12.0. The zero-order valence-corrected chi connectivity index (χ0v) is 26.3. The van der Waals surface area contributed by atoms with Gasteiger partial charge >= 0.3 is 0 Å². The van der Waals surface area contributed by atoms with Gasteiger partial charge in [-0.2, -0.15) is 15.1 Å². The number of hydrogen-bond donors (Lipinski definition) is 0. The largest absolute Gasteiger partial charge is 0.312 e. The third kappa shape index (κ3) is 7.50. The molecule has 6 aromatic rings. The summed E-state index contributed by atoms with van der Waals surface area (Å²) in [4.78, 5) is 2.44. The summed E-state index contributed by atoms with van der Waals surface area (Å²) in [5.74, 6) is 0.895. The molecule has 0 spiro atoms. The summed E-state index contributed by atoms with van der Waals surface area (Å²) in [6, 6.07) is 39.1. The number of pyridine rings is 1. The van der Waals surface area contributed by atoms with Crippen LogP contribution < -0.4 is 4.57 Å². The predicted molar refractivity (Wildman–Crippen MR) is 177 cm³/mol. The Labute approximate surface area is 271 Å². The van der Waals surface area contributed by atoms with Crippen molar-refractivity contribution in [2.24, 2.45) is 0 Å². The van der Waals surface area contributed by atoms with Gasteiger partial charge in [0.15, 0.2) is 12.7 Å². The van der Waals surface area contributed by atoms with E-state index in [1.807, 2.05) is 48.5 Å². The van der Waals surface area contributed by atoms with Gasteiger partial charge in [0, 0.05) is 35.3 Å². The average Bonchev–Trinajstić information content (AvgIpc) is 3.52. The summed E-state index contributed by atoms with van der Waals surface area (Å²) in [6.07, 6.45) is 4.85. The van der Waals surface area contributed by atoms with Crippen molar-refractivity contribution in [2.75, 3.05) is 6.54 Å². The van der Waals surface area contributed by atoms with Crippen molar-refractivity contribution in [3.8, 4) is 12.1 Å². The third-order valence-electron chi connectivity index (χ3n) is 7.97. The van der Waals surface area contributed by atoms with Crippen molar-refractivity contribution < 1.29 is 4.57 Å². The molecule has 0 aliphatic rings. The van der Waals surface area contributed by atoms with Crippen LogP contribution in [0.2, 0.25) is 0 Å². The lowest BCUT2D eigenvalue weighted by atomic mass is 10.1. The maximum atomic E-state index is 9.18. The number of aromatic nitrogens is 4.